The van der Waals surface area contributed by atoms with Gasteiger partial charge in [-0.2, -0.15) is 0 Å². The van der Waals surface area contributed by atoms with Gasteiger partial charge >= 0.3 is 22.8 Å². The number of fused-ring (bicyclic) bond motifs is 4. The maximum atomic E-state index is 13.2. The Labute approximate surface area is 375 Å². The van der Waals surface area contributed by atoms with E-state index in [0.29, 0.717) is 52.6 Å². The molecule has 9 nitrogen and oxygen atoms in total. The van der Waals surface area contributed by atoms with Crippen LogP contribution in [0.25, 0.3) is 21.9 Å². The highest BCUT2D eigenvalue weighted by Crippen LogP contribution is 2.53. The fourth-order valence-electron chi connectivity index (χ4n) is 8.19. The van der Waals surface area contributed by atoms with Gasteiger partial charge in [0.05, 0.1) is 19.8 Å². The molecule has 0 N–H and O–H groups in total. The Bertz CT molecular complexity index is 2610. The molecule has 1 saturated heterocycles. The van der Waals surface area contributed by atoms with Gasteiger partial charge in [-0.15, -0.1) is 0 Å². The van der Waals surface area contributed by atoms with Crippen molar-refractivity contribution in [2.45, 2.75) is 138 Å². The molecule has 0 amide bonds. The minimum Gasteiger partial charge on any atom is -0.497 e. The van der Waals surface area contributed by atoms with Crippen molar-refractivity contribution in [3.05, 3.63) is 117 Å². The fraction of sp³-hybridized carbons (Fsp3) is 0.442. The monoisotopic (exact) mass is 894 g/mol. The molecule has 1 aliphatic carbocycles. The molecule has 7 rings (SSSR count). The summed E-state index contributed by atoms with van der Waals surface area (Å²) in [7, 11) is -0.802. The number of hydrogen-bond acceptors (Lipinski definition) is 9. The predicted octanol–water partition coefficient (Wildman–Crippen LogP) is 15.0. The number of carbonyl (C=O) groups is 1. The fourth-order valence-corrected chi connectivity index (χ4v) is 10.5. The first-order valence-electron chi connectivity index (χ1n) is 21.7. The van der Waals surface area contributed by atoms with E-state index in [-0.39, 0.29) is 21.7 Å². The Balaban J connectivity index is 1.48. The summed E-state index contributed by atoms with van der Waals surface area (Å²) in [5.41, 5.74) is 8.45. The highest BCUT2D eigenvalue weighted by molar-refractivity contribution is 7.43. The first-order valence-corrected chi connectivity index (χ1v) is 23.9. The summed E-state index contributed by atoms with van der Waals surface area (Å²) < 4.78 is 52.4. The van der Waals surface area contributed by atoms with Crippen molar-refractivity contribution in [3.63, 3.8) is 0 Å². The van der Waals surface area contributed by atoms with Gasteiger partial charge in [-0.3, -0.25) is 4.52 Å². The Morgan fingerprint density at radius 1 is 0.619 bits per heavy atom. The molecule has 2 atom stereocenters. The number of aryl methyl sites for hydroxylation is 2. The van der Waals surface area contributed by atoms with Gasteiger partial charge in [0.25, 0.3) is 0 Å². The minimum atomic E-state index is -2.13. The van der Waals surface area contributed by atoms with Gasteiger partial charge < -0.3 is 31.4 Å². The zero-order valence-corrected chi connectivity index (χ0v) is 41.7. The molecule has 0 saturated carbocycles. The molecule has 11 heteroatoms. The summed E-state index contributed by atoms with van der Waals surface area (Å²) >= 11 is 0. The quantitative estimate of drug-likeness (QED) is 0.141. The summed E-state index contributed by atoms with van der Waals surface area (Å²) in [6.07, 6.45) is 6.20. The van der Waals surface area contributed by atoms with E-state index in [1.807, 2.05) is 36.4 Å². The van der Waals surface area contributed by atoms with E-state index in [1.165, 1.54) is 0 Å². The second kappa shape index (κ2) is 17.0. The van der Waals surface area contributed by atoms with E-state index < -0.39 is 28.9 Å². The number of hydrogen-bond donors (Lipinski definition) is 0. The van der Waals surface area contributed by atoms with E-state index >= 15 is 0 Å². The molecule has 2 unspecified atom stereocenters. The lowest BCUT2D eigenvalue weighted by molar-refractivity contribution is -0.134. The molecular formula is C52H64O9P2. The largest absolute Gasteiger partial charge is 0.497 e. The second-order valence-corrected chi connectivity index (χ2v) is 23.0. The zero-order chi connectivity index (χ0) is 46.0. The molecule has 63 heavy (non-hydrogen) atoms. The Kier molecular flexibility index (Phi) is 12.5. The molecule has 2 heterocycles. The lowest BCUT2D eigenvalue weighted by atomic mass is 9.81. The topological polar surface area (TPSA) is 98.7 Å². The average molecular weight is 895 g/mol. The van der Waals surface area contributed by atoms with Crippen LogP contribution in [-0.2, 0) is 41.9 Å². The molecule has 0 spiro atoms. The van der Waals surface area contributed by atoms with Gasteiger partial charge in [-0.1, -0.05) is 131 Å². The maximum Gasteiger partial charge on any atom is 0.466 e. The van der Waals surface area contributed by atoms with Crippen molar-refractivity contribution in [3.8, 4) is 23.0 Å². The highest BCUT2D eigenvalue weighted by Gasteiger charge is 2.39. The molecule has 1 aliphatic heterocycles. The molecule has 0 radical (unpaired) electrons. The molecule has 4 aromatic carbocycles. The number of carbonyl (C=O) groups excluding carboxylic acids is 1. The van der Waals surface area contributed by atoms with E-state index in [9.17, 15) is 4.79 Å². The summed E-state index contributed by atoms with van der Waals surface area (Å²) in [6.45, 7) is 30.3. The van der Waals surface area contributed by atoms with Crippen molar-refractivity contribution < 1.29 is 40.8 Å². The van der Waals surface area contributed by atoms with Gasteiger partial charge in [0, 0.05) is 45.0 Å². The van der Waals surface area contributed by atoms with Crippen LogP contribution in [0.4, 0.5) is 0 Å². The van der Waals surface area contributed by atoms with Gasteiger partial charge in [0.1, 0.15) is 40.3 Å². The smallest absolute Gasteiger partial charge is 0.466 e. The first kappa shape index (κ1) is 46.3. The SMILES string of the molecule is COc1cc(C(C)(C)C)c2op(Oc3c(Cc4cc(C)cc(C(C)(C)C)c4OP4OC(=O)C5=CC=CCC5O4)cc(C)cc3C(C)(C)C)oc3c(C(C)(C)C)cc(OC)cc3c2c1. The minimum absolute atomic E-state index is 0.320. The van der Waals surface area contributed by atoms with E-state index in [2.05, 4.69) is 121 Å². The third kappa shape index (κ3) is 9.72. The van der Waals surface area contributed by atoms with Gasteiger partial charge in [0.2, 0.25) is 0 Å². The van der Waals surface area contributed by atoms with Crippen LogP contribution in [0.1, 0.15) is 134 Å². The third-order valence-corrected chi connectivity index (χ3v) is 13.6. The Morgan fingerprint density at radius 3 is 1.52 bits per heavy atom. The van der Waals surface area contributed by atoms with E-state index in [1.54, 1.807) is 20.3 Å². The molecule has 1 fully saturated rings. The van der Waals surface area contributed by atoms with Crippen molar-refractivity contribution in [1.29, 1.82) is 0 Å². The molecule has 5 aromatic rings. The van der Waals surface area contributed by atoms with Gasteiger partial charge in [-0.05, 0) is 77.8 Å². The number of allylic oxidation sites excluding steroid dienone is 2. The van der Waals surface area contributed by atoms with Crippen molar-refractivity contribution >= 4 is 44.8 Å². The normalized spacial score (nSPS) is 17.0. The van der Waals surface area contributed by atoms with Crippen LogP contribution >= 0.6 is 16.8 Å². The third-order valence-electron chi connectivity index (χ3n) is 11.5. The summed E-state index contributed by atoms with van der Waals surface area (Å²) in [6, 6.07) is 16.8. The van der Waals surface area contributed by atoms with E-state index in [0.717, 1.165) is 55.3 Å². The van der Waals surface area contributed by atoms with Gasteiger partial charge in [0.15, 0.2) is 0 Å². The van der Waals surface area contributed by atoms with Crippen molar-refractivity contribution in [2.75, 3.05) is 14.2 Å². The maximum absolute atomic E-state index is 13.2. The number of rotatable bonds is 8. The highest BCUT2D eigenvalue weighted by atomic mass is 31.2. The summed E-state index contributed by atoms with van der Waals surface area (Å²) in [5, 5.41) is 1.67. The Morgan fingerprint density at radius 2 is 1.08 bits per heavy atom. The molecule has 336 valence electrons. The van der Waals surface area contributed by atoms with Crippen molar-refractivity contribution in [1.82, 2.24) is 0 Å². The lowest BCUT2D eigenvalue weighted by Crippen LogP contribution is -2.28. The predicted molar refractivity (Wildman–Crippen MR) is 256 cm³/mol. The summed E-state index contributed by atoms with van der Waals surface area (Å²) in [5.74, 6) is 2.33. The number of ether oxygens (including phenoxy) is 2. The standard InChI is InChI=1S/C52H64O9P2/c1-30-21-32(44(39(23-30)49(3,4)5)57-62-56-43-20-18-17-19-36(43)48(53)61-62)25-33-22-31(2)24-40(50(6,7)8)45(33)58-63-59-46-37(26-34(54-15)28-41(46)51(9,10)11)38-27-35(55-16)29-42(47(38)60-63)52(12,13)14/h17-19,21-24,26-29,43H,20,25H2,1-16H3. The molecule has 0 bridgehead atoms. The van der Waals surface area contributed by atoms with E-state index in [4.69, 9.17) is 36.0 Å². The lowest BCUT2D eigenvalue weighted by Gasteiger charge is -2.32. The van der Waals surface area contributed by atoms with Crippen molar-refractivity contribution in [2.24, 2.45) is 0 Å². The molecule has 2 aliphatic rings. The number of methoxy groups -OCH3 is 2. The summed E-state index contributed by atoms with van der Waals surface area (Å²) in [4.78, 5) is 13.2. The molecule has 1 aromatic heterocycles. The van der Waals surface area contributed by atoms with Crippen LogP contribution in [-0.4, -0.2) is 26.3 Å². The first-order chi connectivity index (χ1) is 29.3. The van der Waals surface area contributed by atoms with Crippen LogP contribution in [0.5, 0.6) is 23.0 Å². The Hall–Kier alpha value is -4.68. The molecular weight excluding hydrogens is 831 g/mol. The van der Waals surface area contributed by atoms with Crippen LogP contribution in [0.2, 0.25) is 0 Å². The zero-order valence-electron chi connectivity index (χ0n) is 39.9. The van der Waals surface area contributed by atoms with Gasteiger partial charge in [-0.25, -0.2) is 4.79 Å². The van der Waals surface area contributed by atoms with Crippen LogP contribution in [0.15, 0.2) is 80.7 Å². The van der Waals surface area contributed by atoms with Crippen LogP contribution < -0.4 is 18.5 Å². The average Bonchev–Trinajstić information content (AvgIpc) is 3.33. The number of benzene rings is 4. The second-order valence-electron chi connectivity index (χ2n) is 21.0. The van der Waals surface area contributed by atoms with Crippen LogP contribution in [0, 0.1) is 13.8 Å². The van der Waals surface area contributed by atoms with Crippen LogP contribution in [0.3, 0.4) is 0 Å².